The van der Waals surface area contributed by atoms with Crippen LogP contribution in [-0.2, 0) is 6.54 Å². The summed E-state index contributed by atoms with van der Waals surface area (Å²) in [5, 5.41) is 9.44. The fourth-order valence-electron chi connectivity index (χ4n) is 2.45. The van der Waals surface area contributed by atoms with Crippen molar-refractivity contribution >= 4 is 18.3 Å². The van der Waals surface area contributed by atoms with Crippen LogP contribution in [-0.4, -0.2) is 51.2 Å². The number of hydrogen-bond acceptors (Lipinski definition) is 6. The molecule has 0 saturated carbocycles. The van der Waals surface area contributed by atoms with Gasteiger partial charge in [0.1, 0.15) is 24.4 Å². The number of rotatable bonds is 4. The molecule has 0 radical (unpaired) electrons. The third-order valence-electron chi connectivity index (χ3n) is 3.72. The molecule has 1 fully saturated rings. The van der Waals surface area contributed by atoms with E-state index in [-0.39, 0.29) is 37.9 Å². The van der Waals surface area contributed by atoms with Gasteiger partial charge in [0.05, 0.1) is 12.2 Å². The molecule has 25 heavy (non-hydrogen) atoms. The molecular formula is C16H18ClFN4O3. The van der Waals surface area contributed by atoms with Crippen LogP contribution in [0.25, 0.3) is 0 Å². The van der Waals surface area contributed by atoms with Crippen molar-refractivity contribution in [1.29, 1.82) is 0 Å². The Morgan fingerprint density at radius 3 is 2.84 bits per heavy atom. The summed E-state index contributed by atoms with van der Waals surface area (Å²) < 4.78 is 19.0. The number of aliphatic hydroxyl groups is 1. The number of halogens is 2. The minimum Gasteiger partial charge on any atom is -0.439 e. The van der Waals surface area contributed by atoms with Crippen molar-refractivity contribution in [2.45, 2.75) is 18.8 Å². The van der Waals surface area contributed by atoms with E-state index in [4.69, 9.17) is 10.5 Å². The quantitative estimate of drug-likeness (QED) is 0.843. The molecule has 3 N–H and O–H groups in total. The first-order chi connectivity index (χ1) is 11.6. The summed E-state index contributed by atoms with van der Waals surface area (Å²) in [4.78, 5) is 21.6. The standard InChI is InChI=1S/C16H17FN4O3.ClH/c17-13-7-21(8-14(13)22)16(23)10-2-1-3-12(4-10)24-15-5-11(6-18)19-9-20-15;/h1-5,9,13-14,22H,6-8,18H2;1H. The second-order valence-electron chi connectivity index (χ2n) is 5.48. The Balaban J connectivity index is 0.00000225. The van der Waals surface area contributed by atoms with Crippen LogP contribution in [0.5, 0.6) is 11.6 Å². The number of benzene rings is 1. The van der Waals surface area contributed by atoms with Gasteiger partial charge >= 0.3 is 0 Å². The number of ether oxygens (including phenoxy) is 1. The number of hydrogen-bond donors (Lipinski definition) is 2. The lowest BCUT2D eigenvalue weighted by Gasteiger charge is -2.15. The monoisotopic (exact) mass is 368 g/mol. The molecule has 1 aromatic carbocycles. The number of alkyl halides is 1. The van der Waals surface area contributed by atoms with E-state index >= 15 is 0 Å². The van der Waals surface area contributed by atoms with Crippen molar-refractivity contribution in [2.24, 2.45) is 5.73 Å². The Kier molecular flexibility index (Phi) is 6.24. The number of nitrogens with two attached hydrogens (primary N) is 1. The predicted octanol–water partition coefficient (Wildman–Crippen LogP) is 1.30. The maximum Gasteiger partial charge on any atom is 0.254 e. The maximum absolute atomic E-state index is 13.4. The van der Waals surface area contributed by atoms with E-state index in [9.17, 15) is 14.3 Å². The van der Waals surface area contributed by atoms with Crippen molar-refractivity contribution in [2.75, 3.05) is 13.1 Å². The highest BCUT2D eigenvalue weighted by Crippen LogP contribution is 2.23. The van der Waals surface area contributed by atoms with Crippen LogP contribution in [0.4, 0.5) is 4.39 Å². The second-order valence-corrected chi connectivity index (χ2v) is 5.48. The lowest BCUT2D eigenvalue weighted by molar-refractivity contribution is 0.0764. The molecule has 1 aromatic heterocycles. The molecule has 1 aliphatic heterocycles. The van der Waals surface area contributed by atoms with Gasteiger partial charge in [-0.2, -0.15) is 0 Å². The van der Waals surface area contributed by atoms with Gasteiger partial charge in [0.25, 0.3) is 5.91 Å². The van der Waals surface area contributed by atoms with Gasteiger partial charge in [-0.3, -0.25) is 4.79 Å². The van der Waals surface area contributed by atoms with Gasteiger partial charge in [-0.1, -0.05) is 6.07 Å². The molecule has 2 unspecified atom stereocenters. The van der Waals surface area contributed by atoms with E-state index in [0.29, 0.717) is 22.9 Å². The SMILES string of the molecule is Cl.NCc1cc(Oc2cccc(C(=O)N3CC(O)C(F)C3)c2)ncn1. The van der Waals surface area contributed by atoms with Gasteiger partial charge in [-0.25, -0.2) is 14.4 Å². The largest absolute Gasteiger partial charge is 0.439 e. The summed E-state index contributed by atoms with van der Waals surface area (Å²) in [6, 6.07) is 8.10. The Labute approximate surface area is 150 Å². The molecule has 1 amide bonds. The normalized spacial score (nSPS) is 19.4. The van der Waals surface area contributed by atoms with Gasteiger partial charge in [0.2, 0.25) is 5.88 Å². The lowest BCUT2D eigenvalue weighted by atomic mass is 10.2. The van der Waals surface area contributed by atoms with Crippen LogP contribution in [0, 0.1) is 0 Å². The maximum atomic E-state index is 13.4. The first-order valence-corrected chi connectivity index (χ1v) is 7.47. The fourth-order valence-corrected chi connectivity index (χ4v) is 2.45. The summed E-state index contributed by atoms with van der Waals surface area (Å²) >= 11 is 0. The van der Waals surface area contributed by atoms with Gasteiger partial charge in [0.15, 0.2) is 0 Å². The molecular weight excluding hydrogens is 351 g/mol. The third kappa shape index (κ3) is 4.41. The number of likely N-dealkylation sites (tertiary alicyclic amines) is 1. The second kappa shape index (κ2) is 8.19. The number of amides is 1. The van der Waals surface area contributed by atoms with Crippen molar-refractivity contribution in [3.05, 3.63) is 47.9 Å². The zero-order chi connectivity index (χ0) is 17.1. The molecule has 0 spiro atoms. The number of aromatic nitrogens is 2. The van der Waals surface area contributed by atoms with Gasteiger partial charge < -0.3 is 20.5 Å². The van der Waals surface area contributed by atoms with Crippen molar-refractivity contribution in [1.82, 2.24) is 14.9 Å². The Morgan fingerprint density at radius 1 is 1.36 bits per heavy atom. The average Bonchev–Trinajstić information content (AvgIpc) is 2.93. The molecule has 3 rings (SSSR count). The molecule has 2 aromatic rings. The van der Waals surface area contributed by atoms with E-state index in [0.717, 1.165) is 0 Å². The van der Waals surface area contributed by atoms with Crippen molar-refractivity contribution in [3.8, 4) is 11.6 Å². The van der Waals surface area contributed by atoms with Gasteiger partial charge in [-0.15, -0.1) is 12.4 Å². The Bertz CT molecular complexity index is 739. The molecule has 2 heterocycles. The van der Waals surface area contributed by atoms with E-state index in [2.05, 4.69) is 9.97 Å². The summed E-state index contributed by atoms with van der Waals surface area (Å²) in [6.45, 7) is 0.132. The summed E-state index contributed by atoms with van der Waals surface area (Å²) in [5.74, 6) is 0.375. The number of carbonyl (C=O) groups is 1. The number of nitrogens with zero attached hydrogens (tertiary/aromatic N) is 3. The Hall–Kier alpha value is -2.29. The molecule has 0 aliphatic carbocycles. The van der Waals surface area contributed by atoms with Gasteiger partial charge in [0, 0.05) is 24.7 Å². The molecule has 1 aliphatic rings. The smallest absolute Gasteiger partial charge is 0.254 e. The highest BCUT2D eigenvalue weighted by Gasteiger charge is 2.34. The van der Waals surface area contributed by atoms with E-state index in [1.165, 1.54) is 11.2 Å². The average molecular weight is 369 g/mol. The molecule has 134 valence electrons. The summed E-state index contributed by atoms with van der Waals surface area (Å²) in [7, 11) is 0. The first kappa shape index (κ1) is 19.0. The van der Waals surface area contributed by atoms with Crippen molar-refractivity contribution < 1.29 is 19.0 Å². The molecule has 0 bridgehead atoms. The number of carbonyl (C=O) groups excluding carboxylic acids is 1. The number of aliphatic hydroxyl groups excluding tert-OH is 1. The number of β-amino-alcohol motifs (C(OH)–C–C–N with tert-alkyl or cyclic N) is 1. The van der Waals surface area contributed by atoms with Gasteiger partial charge in [-0.05, 0) is 18.2 Å². The minimum atomic E-state index is -1.41. The van der Waals surface area contributed by atoms with Crippen LogP contribution in [0.1, 0.15) is 16.1 Å². The summed E-state index contributed by atoms with van der Waals surface area (Å²) in [5.41, 5.74) is 6.50. The zero-order valence-electron chi connectivity index (χ0n) is 13.2. The Morgan fingerprint density at radius 2 is 2.16 bits per heavy atom. The van der Waals surface area contributed by atoms with E-state index in [1.807, 2.05) is 0 Å². The fraction of sp³-hybridized carbons (Fsp3) is 0.312. The molecule has 9 heteroatoms. The van der Waals surface area contributed by atoms with Crippen LogP contribution in [0.2, 0.25) is 0 Å². The zero-order valence-corrected chi connectivity index (χ0v) is 14.0. The van der Waals surface area contributed by atoms with Crippen LogP contribution in [0.15, 0.2) is 36.7 Å². The van der Waals surface area contributed by atoms with Crippen LogP contribution < -0.4 is 10.5 Å². The lowest BCUT2D eigenvalue weighted by Crippen LogP contribution is -2.29. The topological polar surface area (TPSA) is 102 Å². The molecule has 1 saturated heterocycles. The molecule has 2 atom stereocenters. The van der Waals surface area contributed by atoms with Crippen molar-refractivity contribution in [3.63, 3.8) is 0 Å². The van der Waals surface area contributed by atoms with E-state index in [1.54, 1.807) is 30.3 Å². The highest BCUT2D eigenvalue weighted by atomic mass is 35.5. The van der Waals surface area contributed by atoms with Crippen LogP contribution >= 0.6 is 12.4 Å². The first-order valence-electron chi connectivity index (χ1n) is 7.47. The summed E-state index contributed by atoms with van der Waals surface area (Å²) in [6.07, 6.45) is -1.20. The van der Waals surface area contributed by atoms with E-state index < -0.39 is 12.3 Å². The predicted molar refractivity (Wildman–Crippen MR) is 90.5 cm³/mol. The molecule has 7 nitrogen and oxygen atoms in total. The highest BCUT2D eigenvalue weighted by molar-refractivity contribution is 5.94. The van der Waals surface area contributed by atoms with Crippen LogP contribution in [0.3, 0.4) is 0 Å². The third-order valence-corrected chi connectivity index (χ3v) is 3.72. The minimum absolute atomic E-state index is 0.